The molecule has 1 aromatic carbocycles. The molecule has 1 heterocycles. The minimum atomic E-state index is -0.458. The highest BCUT2D eigenvalue weighted by Gasteiger charge is 2.17. The first kappa shape index (κ1) is 21.2. The fourth-order valence-corrected chi connectivity index (χ4v) is 3.01. The Bertz CT molecular complexity index is 939. The summed E-state index contributed by atoms with van der Waals surface area (Å²) in [6, 6.07) is 9.30. The van der Waals surface area contributed by atoms with Gasteiger partial charge in [-0.05, 0) is 38.0 Å². The fraction of sp³-hybridized carbons (Fsp3) is 0.409. The third kappa shape index (κ3) is 4.80. The molecular weight excluding hydrogens is 354 g/mol. The molecule has 6 nitrogen and oxygen atoms in total. The number of ether oxygens (including phenoxy) is 1. The first-order valence-corrected chi connectivity index (χ1v) is 9.67. The van der Waals surface area contributed by atoms with Crippen molar-refractivity contribution in [3.63, 3.8) is 0 Å². The Morgan fingerprint density at radius 3 is 2.68 bits per heavy atom. The van der Waals surface area contributed by atoms with E-state index in [0.29, 0.717) is 35.7 Å². The highest BCUT2D eigenvalue weighted by atomic mass is 16.5. The summed E-state index contributed by atoms with van der Waals surface area (Å²) in [5.41, 5.74) is 0.987. The Kier molecular flexibility index (Phi) is 7.82. The molecule has 0 saturated carbocycles. The van der Waals surface area contributed by atoms with Crippen LogP contribution in [0.4, 0.5) is 5.69 Å². The van der Waals surface area contributed by atoms with Crippen LogP contribution in [-0.2, 0) is 6.54 Å². The number of hydrogen-bond acceptors (Lipinski definition) is 5. The third-order valence-electron chi connectivity index (χ3n) is 4.58. The molecule has 6 heteroatoms. The van der Waals surface area contributed by atoms with E-state index in [2.05, 4.69) is 11.9 Å². The molecule has 148 valence electrons. The second kappa shape index (κ2) is 10.3. The second-order valence-electron chi connectivity index (χ2n) is 6.53. The summed E-state index contributed by atoms with van der Waals surface area (Å²) < 4.78 is 6.84. The number of hydrogen-bond donors (Lipinski definition) is 1. The van der Waals surface area contributed by atoms with Gasteiger partial charge in [-0.2, -0.15) is 5.26 Å². The molecule has 1 aromatic heterocycles. The normalized spacial score (nSPS) is 10.9. The largest absolute Gasteiger partial charge is 0.494 e. The van der Waals surface area contributed by atoms with Crippen molar-refractivity contribution in [2.75, 3.05) is 6.61 Å². The molecule has 0 amide bonds. The molecule has 0 aliphatic carbocycles. The maximum Gasteiger partial charge on any atom is 0.271 e. The van der Waals surface area contributed by atoms with Crippen molar-refractivity contribution < 1.29 is 9.84 Å². The predicted octanol–water partition coefficient (Wildman–Crippen LogP) is 4.46. The standard InChI is InChI=1S/C22H27N3O3/c1-4-6-7-10-13-25-21(26)17(14-23)16(3)18(22(25)27)15-24-19-11-8-9-12-20(19)28-5-2/h8-9,11-12,15,27H,4-7,10,13H2,1-3H3. The van der Waals surface area contributed by atoms with Crippen LogP contribution in [0.2, 0.25) is 0 Å². The van der Waals surface area contributed by atoms with Gasteiger partial charge in [-0.15, -0.1) is 0 Å². The zero-order chi connectivity index (χ0) is 20.5. The van der Waals surface area contributed by atoms with E-state index < -0.39 is 5.56 Å². The number of unbranched alkanes of at least 4 members (excludes halogenated alkanes) is 3. The van der Waals surface area contributed by atoms with E-state index in [0.717, 1.165) is 25.7 Å². The summed E-state index contributed by atoms with van der Waals surface area (Å²) in [5, 5.41) is 20.1. The zero-order valence-corrected chi connectivity index (χ0v) is 16.7. The van der Waals surface area contributed by atoms with Gasteiger partial charge in [0, 0.05) is 12.8 Å². The Morgan fingerprint density at radius 2 is 2.00 bits per heavy atom. The first-order chi connectivity index (χ1) is 13.5. The molecule has 0 radical (unpaired) electrons. The molecule has 2 aromatic rings. The van der Waals surface area contributed by atoms with E-state index in [4.69, 9.17) is 4.74 Å². The minimum absolute atomic E-state index is 0.0350. The molecule has 0 spiro atoms. The van der Waals surface area contributed by atoms with Crippen LogP contribution in [0.1, 0.15) is 56.2 Å². The van der Waals surface area contributed by atoms with E-state index in [1.807, 2.05) is 31.2 Å². The van der Waals surface area contributed by atoms with Gasteiger partial charge in [-0.1, -0.05) is 38.3 Å². The average molecular weight is 381 g/mol. The van der Waals surface area contributed by atoms with E-state index in [-0.39, 0.29) is 11.4 Å². The topological polar surface area (TPSA) is 87.6 Å². The monoisotopic (exact) mass is 381 g/mol. The van der Waals surface area contributed by atoms with Crippen molar-refractivity contribution in [3.05, 3.63) is 51.3 Å². The summed E-state index contributed by atoms with van der Waals surface area (Å²) in [4.78, 5) is 17.0. The number of aromatic nitrogens is 1. The molecular formula is C22H27N3O3. The van der Waals surface area contributed by atoms with Crippen LogP contribution in [0.3, 0.4) is 0 Å². The van der Waals surface area contributed by atoms with Crippen molar-refractivity contribution >= 4 is 11.9 Å². The maximum absolute atomic E-state index is 12.6. The summed E-state index contributed by atoms with van der Waals surface area (Å²) in [7, 11) is 0. The summed E-state index contributed by atoms with van der Waals surface area (Å²) in [6.45, 7) is 6.53. The summed E-state index contributed by atoms with van der Waals surface area (Å²) >= 11 is 0. The Labute approximate surface area is 165 Å². The van der Waals surface area contributed by atoms with Gasteiger partial charge in [-0.25, -0.2) is 0 Å². The lowest BCUT2D eigenvalue weighted by Crippen LogP contribution is -2.25. The van der Waals surface area contributed by atoms with Gasteiger partial charge >= 0.3 is 0 Å². The van der Waals surface area contributed by atoms with Crippen molar-refractivity contribution in [2.45, 2.75) is 53.0 Å². The number of aromatic hydroxyl groups is 1. The lowest BCUT2D eigenvalue weighted by Gasteiger charge is -2.14. The number of nitrogens with zero attached hydrogens (tertiary/aromatic N) is 3. The molecule has 0 atom stereocenters. The quantitative estimate of drug-likeness (QED) is 0.513. The predicted molar refractivity (Wildman–Crippen MR) is 111 cm³/mol. The van der Waals surface area contributed by atoms with Crippen molar-refractivity contribution in [2.24, 2.45) is 4.99 Å². The lowest BCUT2D eigenvalue weighted by molar-refractivity contribution is 0.341. The molecule has 0 bridgehead atoms. The number of para-hydroxylation sites is 2. The van der Waals surface area contributed by atoms with Crippen LogP contribution < -0.4 is 10.3 Å². The highest BCUT2D eigenvalue weighted by Crippen LogP contribution is 2.28. The van der Waals surface area contributed by atoms with Crippen LogP contribution in [0.15, 0.2) is 34.1 Å². The van der Waals surface area contributed by atoms with Crippen LogP contribution >= 0.6 is 0 Å². The minimum Gasteiger partial charge on any atom is -0.494 e. The lowest BCUT2D eigenvalue weighted by atomic mass is 10.1. The van der Waals surface area contributed by atoms with Gasteiger partial charge in [0.25, 0.3) is 5.56 Å². The highest BCUT2D eigenvalue weighted by molar-refractivity contribution is 5.87. The van der Waals surface area contributed by atoms with Gasteiger partial charge in [0.05, 0.1) is 12.2 Å². The zero-order valence-electron chi connectivity index (χ0n) is 16.7. The number of aliphatic imine (C=N–C) groups is 1. The molecule has 1 N–H and O–H groups in total. The van der Waals surface area contributed by atoms with Gasteiger partial charge in [-0.3, -0.25) is 14.4 Å². The van der Waals surface area contributed by atoms with E-state index in [1.165, 1.54) is 10.8 Å². The van der Waals surface area contributed by atoms with Crippen LogP contribution in [0.25, 0.3) is 0 Å². The van der Waals surface area contributed by atoms with Gasteiger partial charge in [0.1, 0.15) is 23.1 Å². The Hall–Kier alpha value is -3.07. The van der Waals surface area contributed by atoms with Gasteiger partial charge < -0.3 is 9.84 Å². The van der Waals surface area contributed by atoms with Crippen molar-refractivity contribution in [1.29, 1.82) is 5.26 Å². The molecule has 0 aliphatic heterocycles. The Morgan fingerprint density at radius 1 is 1.25 bits per heavy atom. The van der Waals surface area contributed by atoms with E-state index in [9.17, 15) is 15.2 Å². The number of benzene rings is 1. The molecule has 2 rings (SSSR count). The Balaban J connectivity index is 2.46. The average Bonchev–Trinajstić information content (AvgIpc) is 2.69. The van der Waals surface area contributed by atoms with Crippen molar-refractivity contribution in [3.8, 4) is 17.7 Å². The third-order valence-corrected chi connectivity index (χ3v) is 4.58. The molecule has 0 fully saturated rings. The molecule has 0 saturated heterocycles. The van der Waals surface area contributed by atoms with Crippen LogP contribution in [-0.4, -0.2) is 22.5 Å². The van der Waals surface area contributed by atoms with Crippen LogP contribution in [0, 0.1) is 18.3 Å². The van der Waals surface area contributed by atoms with Crippen molar-refractivity contribution in [1.82, 2.24) is 4.57 Å². The summed E-state index contributed by atoms with van der Waals surface area (Å²) in [5.74, 6) is 0.474. The number of rotatable bonds is 9. The molecule has 0 unspecified atom stereocenters. The smallest absolute Gasteiger partial charge is 0.271 e. The first-order valence-electron chi connectivity index (χ1n) is 9.67. The van der Waals surface area contributed by atoms with Gasteiger partial charge in [0.15, 0.2) is 0 Å². The SMILES string of the molecule is CCCCCCn1c(O)c(C=Nc2ccccc2OCC)c(C)c(C#N)c1=O. The van der Waals surface area contributed by atoms with E-state index >= 15 is 0 Å². The fourth-order valence-electron chi connectivity index (χ4n) is 3.01. The maximum atomic E-state index is 12.6. The number of pyridine rings is 1. The van der Waals surface area contributed by atoms with Crippen LogP contribution in [0.5, 0.6) is 11.6 Å². The van der Waals surface area contributed by atoms with Gasteiger partial charge in [0.2, 0.25) is 5.88 Å². The molecule has 0 aliphatic rings. The second-order valence-corrected chi connectivity index (χ2v) is 6.53. The number of nitriles is 1. The van der Waals surface area contributed by atoms with E-state index in [1.54, 1.807) is 13.0 Å². The molecule has 28 heavy (non-hydrogen) atoms. The summed E-state index contributed by atoms with van der Waals surface area (Å²) in [6.07, 6.45) is 5.36.